The molecule has 7 nitrogen and oxygen atoms in total. The van der Waals surface area contributed by atoms with Crippen LogP contribution in [0.1, 0.15) is 5.56 Å². The summed E-state index contributed by atoms with van der Waals surface area (Å²) < 4.78 is 6.38. The number of hydrogen-bond donors (Lipinski definition) is 1. The van der Waals surface area contributed by atoms with E-state index in [9.17, 15) is 9.90 Å². The Kier molecular flexibility index (Phi) is 5.83. The van der Waals surface area contributed by atoms with Crippen LogP contribution in [0.5, 0.6) is 5.75 Å². The average molecular weight is 407 g/mol. The van der Waals surface area contributed by atoms with Gasteiger partial charge in [0.1, 0.15) is 5.75 Å². The Morgan fingerprint density at radius 1 is 1.20 bits per heavy atom. The predicted molar refractivity (Wildman–Crippen MR) is 96.4 cm³/mol. The Labute approximate surface area is 154 Å². The molecule has 0 spiro atoms. The minimum atomic E-state index is -0.0880. The van der Waals surface area contributed by atoms with Crippen molar-refractivity contribution in [2.24, 2.45) is 0 Å². The fraction of sp³-hybridized carbons (Fsp3) is 0.353. The van der Waals surface area contributed by atoms with Gasteiger partial charge in [-0.1, -0.05) is 15.9 Å². The number of ether oxygens (including phenoxy) is 1. The van der Waals surface area contributed by atoms with Gasteiger partial charge in [-0.05, 0) is 29.8 Å². The van der Waals surface area contributed by atoms with Gasteiger partial charge in [0, 0.05) is 43.0 Å². The van der Waals surface area contributed by atoms with Crippen LogP contribution in [0.15, 0.2) is 41.1 Å². The number of nitrogens with zero attached hydrogens (tertiary/aromatic N) is 4. The molecular weight excluding hydrogens is 388 g/mol. The molecular formula is C17H19BrN4O3. The number of amides is 1. The van der Waals surface area contributed by atoms with Gasteiger partial charge in [0.2, 0.25) is 5.95 Å². The maximum Gasteiger partial charge on any atom is 0.260 e. The van der Waals surface area contributed by atoms with Crippen molar-refractivity contribution in [1.29, 1.82) is 0 Å². The molecule has 2 heterocycles. The molecule has 0 bridgehead atoms. The van der Waals surface area contributed by atoms with Gasteiger partial charge >= 0.3 is 0 Å². The molecule has 3 rings (SSSR count). The average Bonchev–Trinajstić information content (AvgIpc) is 2.68. The molecule has 8 heteroatoms. The van der Waals surface area contributed by atoms with E-state index in [2.05, 4.69) is 30.8 Å². The quantitative estimate of drug-likeness (QED) is 0.809. The molecule has 1 N–H and O–H groups in total. The first kappa shape index (κ1) is 17.6. The lowest BCUT2D eigenvalue weighted by molar-refractivity contribution is -0.133. The van der Waals surface area contributed by atoms with Crippen LogP contribution in [-0.2, 0) is 11.4 Å². The number of halogens is 1. The van der Waals surface area contributed by atoms with Gasteiger partial charge in [0.25, 0.3) is 5.91 Å². The van der Waals surface area contributed by atoms with Gasteiger partial charge in [0.05, 0.1) is 6.61 Å². The minimum Gasteiger partial charge on any atom is -0.484 e. The van der Waals surface area contributed by atoms with Crippen LogP contribution in [0.4, 0.5) is 5.95 Å². The molecule has 0 radical (unpaired) electrons. The summed E-state index contributed by atoms with van der Waals surface area (Å²) in [7, 11) is 0. The first-order chi connectivity index (χ1) is 12.2. The summed E-state index contributed by atoms with van der Waals surface area (Å²) in [6.07, 6.45) is 3.43. The van der Waals surface area contributed by atoms with Crippen molar-refractivity contribution in [1.82, 2.24) is 14.9 Å². The Morgan fingerprint density at radius 3 is 2.60 bits per heavy atom. The van der Waals surface area contributed by atoms with E-state index in [1.54, 1.807) is 41.6 Å². The predicted octanol–water partition coefficient (Wildman–Crippen LogP) is 1.46. The molecule has 1 amide bonds. The van der Waals surface area contributed by atoms with Gasteiger partial charge in [-0.2, -0.15) is 0 Å². The van der Waals surface area contributed by atoms with Crippen molar-refractivity contribution in [2.75, 3.05) is 37.7 Å². The number of hydrogen-bond acceptors (Lipinski definition) is 6. The maximum atomic E-state index is 12.3. The highest BCUT2D eigenvalue weighted by atomic mass is 79.9. The third kappa shape index (κ3) is 4.46. The van der Waals surface area contributed by atoms with Crippen molar-refractivity contribution in [3.63, 3.8) is 0 Å². The number of piperazine rings is 1. The summed E-state index contributed by atoms with van der Waals surface area (Å²) in [4.78, 5) is 24.6. The first-order valence-corrected chi connectivity index (χ1v) is 8.78. The second-order valence-electron chi connectivity index (χ2n) is 5.62. The van der Waals surface area contributed by atoms with Crippen molar-refractivity contribution >= 4 is 27.8 Å². The Morgan fingerprint density at radius 2 is 1.92 bits per heavy atom. The summed E-state index contributed by atoms with van der Waals surface area (Å²) in [6, 6.07) is 7.07. The first-order valence-electron chi connectivity index (χ1n) is 7.99. The molecule has 1 aliphatic rings. The summed E-state index contributed by atoms with van der Waals surface area (Å²) in [6.45, 7) is 2.51. The third-order valence-electron chi connectivity index (χ3n) is 4.02. The number of aromatic nitrogens is 2. The Bertz CT molecular complexity index is 721. The second-order valence-corrected chi connectivity index (χ2v) is 6.47. The van der Waals surface area contributed by atoms with Gasteiger partial charge in [-0.3, -0.25) is 4.79 Å². The molecule has 1 fully saturated rings. The normalized spacial score (nSPS) is 14.5. The molecule has 2 aromatic rings. The van der Waals surface area contributed by atoms with Crippen LogP contribution in [0.2, 0.25) is 0 Å². The lowest BCUT2D eigenvalue weighted by Crippen LogP contribution is -2.50. The molecule has 0 unspecified atom stereocenters. The van der Waals surface area contributed by atoms with Crippen LogP contribution in [0.25, 0.3) is 0 Å². The van der Waals surface area contributed by atoms with E-state index in [-0.39, 0.29) is 19.1 Å². The second kappa shape index (κ2) is 8.26. The lowest BCUT2D eigenvalue weighted by atomic mass is 10.2. The molecule has 1 aromatic carbocycles. The van der Waals surface area contributed by atoms with Crippen molar-refractivity contribution in [3.8, 4) is 5.75 Å². The summed E-state index contributed by atoms with van der Waals surface area (Å²) in [5.41, 5.74) is 0.724. The van der Waals surface area contributed by atoms with E-state index in [0.29, 0.717) is 37.9 Å². The van der Waals surface area contributed by atoms with Gasteiger partial charge in [0.15, 0.2) is 6.61 Å². The highest BCUT2D eigenvalue weighted by molar-refractivity contribution is 9.10. The number of aliphatic hydroxyl groups is 1. The maximum absolute atomic E-state index is 12.3. The van der Waals surface area contributed by atoms with Gasteiger partial charge in [-0.15, -0.1) is 0 Å². The molecule has 0 aliphatic carbocycles. The SMILES string of the molecule is O=C(COc1ccc(Br)c(CO)c1)N1CCN(c2ncccn2)CC1. The number of anilines is 1. The largest absolute Gasteiger partial charge is 0.484 e. The van der Waals surface area contributed by atoms with Crippen LogP contribution in [-0.4, -0.2) is 58.7 Å². The number of carbonyl (C=O) groups is 1. The van der Waals surface area contributed by atoms with Gasteiger partial charge < -0.3 is 19.6 Å². The monoisotopic (exact) mass is 406 g/mol. The van der Waals surface area contributed by atoms with E-state index in [0.717, 1.165) is 10.0 Å². The number of benzene rings is 1. The minimum absolute atomic E-state index is 0.0195. The van der Waals surface area contributed by atoms with Crippen molar-refractivity contribution in [3.05, 3.63) is 46.7 Å². The summed E-state index contributed by atoms with van der Waals surface area (Å²) in [5, 5.41) is 9.27. The Balaban J connectivity index is 1.50. The summed E-state index contributed by atoms with van der Waals surface area (Å²) in [5.74, 6) is 1.20. The van der Waals surface area contributed by atoms with Gasteiger partial charge in [-0.25, -0.2) is 9.97 Å². The highest BCUT2D eigenvalue weighted by Crippen LogP contribution is 2.22. The molecule has 1 aliphatic heterocycles. The molecule has 1 saturated heterocycles. The Hall–Kier alpha value is -2.19. The van der Waals surface area contributed by atoms with E-state index in [1.165, 1.54) is 0 Å². The number of carbonyl (C=O) groups excluding carboxylic acids is 1. The number of aliphatic hydroxyl groups excluding tert-OH is 1. The fourth-order valence-corrected chi connectivity index (χ4v) is 2.98. The molecule has 132 valence electrons. The highest BCUT2D eigenvalue weighted by Gasteiger charge is 2.22. The van der Waals surface area contributed by atoms with Crippen LogP contribution >= 0.6 is 15.9 Å². The zero-order chi connectivity index (χ0) is 17.6. The molecule has 0 saturated carbocycles. The third-order valence-corrected chi connectivity index (χ3v) is 4.79. The smallest absolute Gasteiger partial charge is 0.260 e. The van der Waals surface area contributed by atoms with Crippen molar-refractivity contribution in [2.45, 2.75) is 6.61 Å². The van der Waals surface area contributed by atoms with Crippen molar-refractivity contribution < 1.29 is 14.6 Å². The topological polar surface area (TPSA) is 78.8 Å². The van der Waals surface area contributed by atoms with Crippen LogP contribution in [0.3, 0.4) is 0 Å². The fourth-order valence-electron chi connectivity index (χ4n) is 2.61. The van der Waals surface area contributed by atoms with E-state index in [4.69, 9.17) is 4.74 Å². The van der Waals surface area contributed by atoms with E-state index >= 15 is 0 Å². The summed E-state index contributed by atoms with van der Waals surface area (Å²) >= 11 is 3.35. The standard InChI is InChI=1S/C17H19BrN4O3/c18-15-3-2-14(10-13(15)11-23)25-12-16(24)21-6-8-22(9-7-21)17-19-4-1-5-20-17/h1-5,10,23H,6-9,11-12H2. The van der Waals surface area contributed by atoms with E-state index in [1.807, 2.05) is 0 Å². The van der Waals surface area contributed by atoms with E-state index < -0.39 is 0 Å². The van der Waals surface area contributed by atoms with Crippen LogP contribution < -0.4 is 9.64 Å². The molecule has 0 atom stereocenters. The molecule has 25 heavy (non-hydrogen) atoms. The van der Waals surface area contributed by atoms with Crippen LogP contribution in [0, 0.1) is 0 Å². The number of rotatable bonds is 5. The zero-order valence-corrected chi connectivity index (χ0v) is 15.2. The zero-order valence-electron chi connectivity index (χ0n) is 13.6. The molecule has 1 aromatic heterocycles. The lowest BCUT2D eigenvalue weighted by Gasteiger charge is -2.34.